The van der Waals surface area contributed by atoms with Crippen molar-refractivity contribution in [1.82, 2.24) is 5.32 Å². The van der Waals surface area contributed by atoms with Crippen molar-refractivity contribution in [1.29, 1.82) is 0 Å². The maximum Gasteiger partial charge on any atom is 0.155 e. The third kappa shape index (κ3) is 4.83. The van der Waals surface area contributed by atoms with E-state index in [1.165, 1.54) is 12.8 Å². The molecule has 0 bridgehead atoms. The van der Waals surface area contributed by atoms with Gasteiger partial charge in [0.2, 0.25) is 0 Å². The fourth-order valence-electron chi connectivity index (χ4n) is 1.49. The number of rotatable bonds is 7. The number of hydrogen-bond donors (Lipinski definition) is 1. The summed E-state index contributed by atoms with van der Waals surface area (Å²) in [6.07, 6.45) is 5.54. The Bertz CT molecular complexity index is 299. The maximum atomic E-state index is 11.8. The average Bonchev–Trinajstić information content (AvgIpc) is 2.92. The predicted molar refractivity (Wildman–Crippen MR) is 68.4 cm³/mol. The van der Waals surface area contributed by atoms with Gasteiger partial charge in [-0.3, -0.25) is 0 Å². The third-order valence-electron chi connectivity index (χ3n) is 3.03. The second kappa shape index (κ2) is 5.50. The lowest BCUT2D eigenvalue weighted by Crippen LogP contribution is -2.30. The highest BCUT2D eigenvalue weighted by Gasteiger charge is 2.27. The molecular formula is C12H25NO2S. The first kappa shape index (κ1) is 14.0. The van der Waals surface area contributed by atoms with Gasteiger partial charge >= 0.3 is 0 Å². The standard InChI is InChI=1S/C12H25NO2S/c1-12(2,3)16(14,15)10-6-4-5-9-13-11-7-8-11/h11,13H,4-10H2,1-3H3. The third-order valence-corrected chi connectivity index (χ3v) is 5.73. The van der Waals surface area contributed by atoms with Crippen LogP contribution in [0.25, 0.3) is 0 Å². The van der Waals surface area contributed by atoms with Crippen molar-refractivity contribution in [2.24, 2.45) is 0 Å². The lowest BCUT2D eigenvalue weighted by molar-refractivity contribution is 0.552. The molecule has 3 nitrogen and oxygen atoms in total. The highest BCUT2D eigenvalue weighted by Crippen LogP contribution is 2.19. The van der Waals surface area contributed by atoms with Crippen molar-refractivity contribution < 1.29 is 8.42 Å². The fraction of sp³-hybridized carbons (Fsp3) is 1.00. The zero-order valence-corrected chi connectivity index (χ0v) is 11.6. The van der Waals surface area contributed by atoms with Crippen LogP contribution in [0.1, 0.15) is 52.9 Å². The maximum absolute atomic E-state index is 11.8. The first-order chi connectivity index (χ1) is 7.33. The molecule has 4 heteroatoms. The molecule has 0 aromatic carbocycles. The topological polar surface area (TPSA) is 46.2 Å². The van der Waals surface area contributed by atoms with Gasteiger partial charge < -0.3 is 5.32 Å². The highest BCUT2D eigenvalue weighted by atomic mass is 32.2. The molecule has 0 radical (unpaired) electrons. The molecule has 1 fully saturated rings. The first-order valence-corrected chi connectivity index (χ1v) is 7.94. The smallest absolute Gasteiger partial charge is 0.155 e. The van der Waals surface area contributed by atoms with E-state index < -0.39 is 14.6 Å². The van der Waals surface area contributed by atoms with Gasteiger partial charge in [0.25, 0.3) is 0 Å². The van der Waals surface area contributed by atoms with Gasteiger partial charge in [-0.25, -0.2) is 8.42 Å². The zero-order chi connectivity index (χ0) is 12.2. The molecule has 1 N–H and O–H groups in total. The van der Waals surface area contributed by atoms with Gasteiger partial charge in [0, 0.05) is 6.04 Å². The Morgan fingerprint density at radius 2 is 1.75 bits per heavy atom. The molecule has 0 aromatic heterocycles. The van der Waals surface area contributed by atoms with Crippen molar-refractivity contribution in [2.75, 3.05) is 12.3 Å². The van der Waals surface area contributed by atoms with E-state index in [4.69, 9.17) is 0 Å². The fourth-order valence-corrected chi connectivity index (χ4v) is 2.69. The Labute approximate surface area is 99.9 Å². The van der Waals surface area contributed by atoms with E-state index in [0.717, 1.165) is 31.8 Å². The van der Waals surface area contributed by atoms with Crippen LogP contribution < -0.4 is 5.32 Å². The summed E-state index contributed by atoms with van der Waals surface area (Å²) >= 11 is 0. The molecule has 1 aliphatic carbocycles. The quantitative estimate of drug-likeness (QED) is 0.701. The largest absolute Gasteiger partial charge is 0.314 e. The average molecular weight is 247 g/mol. The predicted octanol–water partition coefficient (Wildman–Crippen LogP) is 2.12. The van der Waals surface area contributed by atoms with E-state index in [-0.39, 0.29) is 0 Å². The minimum Gasteiger partial charge on any atom is -0.314 e. The van der Waals surface area contributed by atoms with E-state index in [2.05, 4.69) is 5.32 Å². The number of sulfone groups is 1. The Kier molecular flexibility index (Phi) is 4.80. The van der Waals surface area contributed by atoms with Gasteiger partial charge in [0.1, 0.15) is 0 Å². The molecule has 1 saturated carbocycles. The molecule has 96 valence electrons. The molecule has 16 heavy (non-hydrogen) atoms. The second-order valence-electron chi connectivity index (χ2n) is 5.72. The summed E-state index contributed by atoms with van der Waals surface area (Å²) < 4.78 is 23.0. The van der Waals surface area contributed by atoms with Crippen LogP contribution >= 0.6 is 0 Å². The van der Waals surface area contributed by atoms with Crippen LogP contribution in [-0.2, 0) is 9.84 Å². The SMILES string of the molecule is CC(C)(C)S(=O)(=O)CCCCCNC1CC1. The first-order valence-electron chi connectivity index (χ1n) is 6.28. The number of hydrogen-bond acceptors (Lipinski definition) is 3. The van der Waals surface area contributed by atoms with Crippen molar-refractivity contribution in [3.05, 3.63) is 0 Å². The van der Waals surface area contributed by atoms with Gasteiger partial charge in [-0.1, -0.05) is 6.42 Å². The summed E-state index contributed by atoms with van der Waals surface area (Å²) in [6.45, 7) is 6.37. The Balaban J connectivity index is 2.05. The molecule has 0 heterocycles. The van der Waals surface area contributed by atoms with Crippen LogP contribution in [0.15, 0.2) is 0 Å². The van der Waals surface area contributed by atoms with Gasteiger partial charge in [0.15, 0.2) is 9.84 Å². The molecule has 0 aliphatic heterocycles. The molecule has 1 aliphatic rings. The van der Waals surface area contributed by atoms with Gasteiger partial charge in [-0.05, 0) is 53.0 Å². The van der Waals surface area contributed by atoms with Gasteiger partial charge in [0.05, 0.1) is 10.5 Å². The monoisotopic (exact) mass is 247 g/mol. The minimum atomic E-state index is -2.91. The van der Waals surface area contributed by atoms with Crippen LogP contribution in [0, 0.1) is 0 Å². The number of nitrogens with one attached hydrogen (secondary N) is 1. The van der Waals surface area contributed by atoms with Crippen LogP contribution in [-0.4, -0.2) is 31.5 Å². The molecule has 1 rings (SSSR count). The molecule has 0 unspecified atom stereocenters. The second-order valence-corrected chi connectivity index (χ2v) is 8.58. The van der Waals surface area contributed by atoms with Crippen LogP contribution in [0.4, 0.5) is 0 Å². The zero-order valence-electron chi connectivity index (χ0n) is 10.8. The van der Waals surface area contributed by atoms with Crippen molar-refractivity contribution in [3.63, 3.8) is 0 Å². The Morgan fingerprint density at radius 1 is 1.12 bits per heavy atom. The summed E-state index contributed by atoms with van der Waals surface area (Å²) in [7, 11) is -2.91. The molecule has 0 aromatic rings. The Hall–Kier alpha value is -0.0900. The van der Waals surface area contributed by atoms with E-state index >= 15 is 0 Å². The summed E-state index contributed by atoms with van der Waals surface area (Å²) in [5.41, 5.74) is 0. The molecular weight excluding hydrogens is 222 g/mol. The Morgan fingerprint density at radius 3 is 2.25 bits per heavy atom. The van der Waals surface area contributed by atoms with Gasteiger partial charge in [-0.15, -0.1) is 0 Å². The van der Waals surface area contributed by atoms with Gasteiger partial charge in [-0.2, -0.15) is 0 Å². The number of unbranched alkanes of at least 4 members (excludes halogenated alkanes) is 2. The minimum absolute atomic E-state index is 0.333. The van der Waals surface area contributed by atoms with E-state index in [1.807, 2.05) is 0 Å². The van der Waals surface area contributed by atoms with E-state index in [0.29, 0.717) is 5.75 Å². The van der Waals surface area contributed by atoms with Crippen molar-refractivity contribution in [3.8, 4) is 0 Å². The lowest BCUT2D eigenvalue weighted by Gasteiger charge is -2.18. The molecule has 0 amide bonds. The molecule has 0 saturated heterocycles. The van der Waals surface area contributed by atoms with E-state index in [9.17, 15) is 8.42 Å². The van der Waals surface area contributed by atoms with Crippen LogP contribution in [0.3, 0.4) is 0 Å². The summed E-state index contributed by atoms with van der Waals surface area (Å²) in [5.74, 6) is 0.333. The molecule has 0 spiro atoms. The summed E-state index contributed by atoms with van der Waals surface area (Å²) in [5, 5.41) is 3.44. The van der Waals surface area contributed by atoms with Crippen LogP contribution in [0.5, 0.6) is 0 Å². The highest BCUT2D eigenvalue weighted by molar-refractivity contribution is 7.92. The summed E-state index contributed by atoms with van der Waals surface area (Å²) in [6, 6.07) is 0.762. The lowest BCUT2D eigenvalue weighted by atomic mass is 10.2. The van der Waals surface area contributed by atoms with E-state index in [1.54, 1.807) is 20.8 Å². The van der Waals surface area contributed by atoms with Crippen molar-refractivity contribution in [2.45, 2.75) is 63.7 Å². The van der Waals surface area contributed by atoms with Crippen molar-refractivity contribution >= 4 is 9.84 Å². The molecule has 0 atom stereocenters. The van der Waals surface area contributed by atoms with Crippen LogP contribution in [0.2, 0.25) is 0 Å². The summed E-state index contributed by atoms with van der Waals surface area (Å²) in [4.78, 5) is 0. The normalized spacial score (nSPS) is 17.7.